The molecular weight excluding hydrogens is 809 g/mol. The van der Waals surface area contributed by atoms with Crippen molar-refractivity contribution in [2.24, 2.45) is 46.3 Å². The van der Waals surface area contributed by atoms with Crippen LogP contribution in [-0.2, 0) is 4.74 Å². The molecule has 0 heterocycles. The van der Waals surface area contributed by atoms with Crippen LogP contribution in [0.2, 0.25) is 0 Å². The van der Waals surface area contributed by atoms with Crippen molar-refractivity contribution >= 4 is 5.97 Å². The predicted molar refractivity (Wildman–Crippen MR) is 282 cm³/mol. The zero-order valence-electron chi connectivity index (χ0n) is 44.6. The van der Waals surface area contributed by atoms with Crippen LogP contribution in [-0.4, -0.2) is 25.3 Å². The largest absolute Gasteiger partial charge is 0.490 e. The average Bonchev–Trinajstić information content (AvgIpc) is 3.67. The average molecular weight is 916 g/mol. The predicted octanol–water partition coefficient (Wildman–Crippen LogP) is 19.4. The third kappa shape index (κ3) is 16.9. The van der Waals surface area contributed by atoms with Gasteiger partial charge >= 0.3 is 5.97 Å². The third-order valence-electron chi connectivity index (χ3n) is 18.2. The zero-order valence-corrected chi connectivity index (χ0v) is 44.6. The van der Waals surface area contributed by atoms with Gasteiger partial charge in [0.15, 0.2) is 11.5 Å². The second-order valence-electron chi connectivity index (χ2n) is 23.7. The van der Waals surface area contributed by atoms with Crippen molar-refractivity contribution in [3.8, 4) is 11.5 Å². The van der Waals surface area contributed by atoms with Crippen molar-refractivity contribution in [1.29, 1.82) is 0 Å². The summed E-state index contributed by atoms with van der Waals surface area (Å²) >= 11 is 0. The first kappa shape index (κ1) is 55.0. The van der Waals surface area contributed by atoms with Gasteiger partial charge in [-0.1, -0.05) is 221 Å². The number of esters is 1. The van der Waals surface area contributed by atoms with Crippen LogP contribution in [0.5, 0.6) is 11.5 Å². The summed E-state index contributed by atoms with van der Waals surface area (Å²) in [5.41, 5.74) is 2.93. The van der Waals surface area contributed by atoms with Crippen molar-refractivity contribution in [3.63, 3.8) is 0 Å². The number of hydrogen-bond donors (Lipinski definition) is 0. The van der Waals surface area contributed by atoms with Crippen LogP contribution in [0.25, 0.3) is 0 Å². The Morgan fingerprint density at radius 2 is 1.15 bits per heavy atom. The standard InChI is InChI=1S/C62H106O4/c1-8-10-12-14-16-18-20-22-24-26-28-30-45-64-58-40-35-51(47-59(58)65-46-31-29-27-25-23-21-19-17-15-13-11-9-2)60(63)66-53-41-43-61(6)52(48-53)36-37-54-56-39-38-55(50(5)34-32-33-49(3)4)62(56,7)44-42-57(54)61/h35-36,40,47,49-50,53-57H,8-34,37-39,41-46,48H2,1-7H3/t50-,53?,54+,55-,56+,57+,61+,62-/m1/s1. The van der Waals surface area contributed by atoms with Gasteiger partial charge < -0.3 is 14.2 Å². The zero-order chi connectivity index (χ0) is 47.0. The van der Waals surface area contributed by atoms with Crippen molar-refractivity contribution in [1.82, 2.24) is 0 Å². The molecule has 0 saturated heterocycles. The maximum Gasteiger partial charge on any atom is 0.338 e. The number of carbonyl (C=O) groups excluding carboxylic acids is 1. The smallest absolute Gasteiger partial charge is 0.338 e. The van der Waals surface area contributed by atoms with E-state index >= 15 is 0 Å². The Kier molecular flexibility index (Phi) is 24.9. The second kappa shape index (κ2) is 29.9. The summed E-state index contributed by atoms with van der Waals surface area (Å²) in [7, 11) is 0. The van der Waals surface area contributed by atoms with Crippen molar-refractivity contribution in [3.05, 3.63) is 35.4 Å². The Balaban J connectivity index is 1.10. The number of unbranched alkanes of at least 4 members (excludes halogenated alkanes) is 22. The summed E-state index contributed by atoms with van der Waals surface area (Å²) in [5, 5.41) is 0. The maximum absolute atomic E-state index is 13.9. The minimum Gasteiger partial charge on any atom is -0.490 e. The number of allylic oxidation sites excluding steroid dienone is 1. The first-order chi connectivity index (χ1) is 32.1. The quantitative estimate of drug-likeness (QED) is 0.0387. The number of carbonyl (C=O) groups is 1. The van der Waals surface area contributed by atoms with Crippen LogP contribution in [0, 0.1) is 46.3 Å². The molecule has 0 N–H and O–H groups in total. The van der Waals surface area contributed by atoms with Crippen LogP contribution < -0.4 is 9.47 Å². The van der Waals surface area contributed by atoms with Gasteiger partial charge in [0.05, 0.1) is 18.8 Å². The molecule has 0 spiro atoms. The second-order valence-corrected chi connectivity index (χ2v) is 23.7. The normalized spacial score (nSPS) is 26.4. The van der Waals surface area contributed by atoms with Crippen LogP contribution in [0.1, 0.15) is 284 Å². The van der Waals surface area contributed by atoms with E-state index in [1.165, 1.54) is 193 Å². The van der Waals surface area contributed by atoms with Crippen molar-refractivity contribution in [2.75, 3.05) is 13.2 Å². The number of rotatable bonds is 35. The number of fused-ring (bicyclic) bond motifs is 5. The Hall–Kier alpha value is -1.97. The summed E-state index contributed by atoms with van der Waals surface area (Å²) < 4.78 is 19.2. The fourth-order valence-corrected chi connectivity index (χ4v) is 14.1. The minimum absolute atomic E-state index is 0.0584. The van der Waals surface area contributed by atoms with Gasteiger partial charge in [0.2, 0.25) is 0 Å². The highest BCUT2D eigenvalue weighted by molar-refractivity contribution is 5.90. The first-order valence-corrected chi connectivity index (χ1v) is 29.4. The van der Waals surface area contributed by atoms with E-state index in [1.807, 2.05) is 18.2 Å². The Labute approximate surface area is 409 Å². The van der Waals surface area contributed by atoms with Gasteiger partial charge in [0, 0.05) is 6.42 Å². The molecule has 8 atom stereocenters. The van der Waals surface area contributed by atoms with E-state index in [-0.39, 0.29) is 17.5 Å². The molecule has 1 aromatic rings. The molecule has 0 radical (unpaired) electrons. The molecule has 4 nitrogen and oxygen atoms in total. The molecule has 3 fully saturated rings. The molecule has 1 unspecified atom stereocenters. The van der Waals surface area contributed by atoms with Crippen molar-refractivity contribution < 1.29 is 19.0 Å². The molecule has 4 aliphatic rings. The SMILES string of the molecule is CCCCCCCCCCCCCCOc1ccc(C(=O)OC2CC[C@@]3(C)C(=CC[C@H]4[C@@H]5CC[C@H]([C@H](C)CCCC(C)C)[C@@]5(C)CC[C@@H]43)C2)cc1OCCCCCCCCCCCCCC. The van der Waals surface area contributed by atoms with E-state index in [9.17, 15) is 4.79 Å². The van der Waals surface area contributed by atoms with Crippen LogP contribution in [0.3, 0.4) is 0 Å². The fraction of sp³-hybridized carbons (Fsp3) is 0.855. The Morgan fingerprint density at radius 1 is 0.606 bits per heavy atom. The summed E-state index contributed by atoms with van der Waals surface area (Å²) in [6.07, 6.45) is 48.5. The lowest BCUT2D eigenvalue weighted by molar-refractivity contribution is -0.0594. The first-order valence-electron chi connectivity index (χ1n) is 29.4. The van der Waals surface area contributed by atoms with E-state index in [0.29, 0.717) is 29.9 Å². The molecule has 4 heteroatoms. The molecule has 1 aromatic carbocycles. The summed E-state index contributed by atoms with van der Waals surface area (Å²) in [4.78, 5) is 13.9. The molecule has 0 amide bonds. The topological polar surface area (TPSA) is 44.8 Å². The van der Waals surface area contributed by atoms with Gasteiger partial charge in [-0.2, -0.15) is 0 Å². The van der Waals surface area contributed by atoms with Gasteiger partial charge in [-0.3, -0.25) is 0 Å². The summed E-state index contributed by atoms with van der Waals surface area (Å²) in [5.74, 6) is 6.27. The molecule has 3 saturated carbocycles. The molecule has 4 aliphatic carbocycles. The molecule has 66 heavy (non-hydrogen) atoms. The Bertz CT molecular complexity index is 1510. The summed E-state index contributed by atoms with van der Waals surface area (Å²) in [6, 6.07) is 5.79. The molecule has 0 aliphatic heterocycles. The Morgan fingerprint density at radius 3 is 1.71 bits per heavy atom. The molecule has 5 rings (SSSR count). The van der Waals surface area contributed by atoms with Crippen LogP contribution in [0.4, 0.5) is 0 Å². The van der Waals surface area contributed by atoms with Crippen LogP contribution in [0.15, 0.2) is 29.8 Å². The van der Waals surface area contributed by atoms with Gasteiger partial charge in [-0.05, 0) is 122 Å². The highest BCUT2D eigenvalue weighted by atomic mass is 16.5. The maximum atomic E-state index is 13.9. The van der Waals surface area contributed by atoms with E-state index in [2.05, 4.69) is 54.5 Å². The number of ether oxygens (including phenoxy) is 3. The highest BCUT2D eigenvalue weighted by Gasteiger charge is 2.59. The monoisotopic (exact) mass is 915 g/mol. The fourth-order valence-electron chi connectivity index (χ4n) is 14.1. The van der Waals surface area contributed by atoms with Crippen molar-refractivity contribution in [2.45, 2.75) is 279 Å². The lowest BCUT2D eigenvalue weighted by Gasteiger charge is -2.58. The van der Waals surface area contributed by atoms with Gasteiger partial charge in [0.25, 0.3) is 0 Å². The van der Waals surface area contributed by atoms with Crippen LogP contribution >= 0.6 is 0 Å². The molecule has 0 aromatic heterocycles. The molecular formula is C62H106O4. The highest BCUT2D eigenvalue weighted by Crippen LogP contribution is 2.67. The lowest BCUT2D eigenvalue weighted by Crippen LogP contribution is -2.51. The van der Waals surface area contributed by atoms with E-state index < -0.39 is 0 Å². The van der Waals surface area contributed by atoms with E-state index in [0.717, 1.165) is 73.4 Å². The van der Waals surface area contributed by atoms with E-state index in [4.69, 9.17) is 14.2 Å². The minimum atomic E-state index is -0.214. The van der Waals surface area contributed by atoms with E-state index in [1.54, 1.807) is 5.57 Å². The third-order valence-corrected chi connectivity index (χ3v) is 18.2. The lowest BCUT2D eigenvalue weighted by atomic mass is 9.47. The molecule has 0 bridgehead atoms. The summed E-state index contributed by atoms with van der Waals surface area (Å²) in [6.45, 7) is 18.6. The van der Waals surface area contributed by atoms with Gasteiger partial charge in [0.1, 0.15) is 6.10 Å². The van der Waals surface area contributed by atoms with Gasteiger partial charge in [-0.25, -0.2) is 4.79 Å². The molecule has 378 valence electrons. The van der Waals surface area contributed by atoms with Gasteiger partial charge in [-0.15, -0.1) is 0 Å². The number of hydrogen-bond acceptors (Lipinski definition) is 4. The number of benzene rings is 1.